The van der Waals surface area contributed by atoms with Crippen LogP contribution in [0.1, 0.15) is 73.6 Å². The average Bonchev–Trinajstić information content (AvgIpc) is 2.97. The van der Waals surface area contributed by atoms with E-state index in [-0.39, 0.29) is 29.7 Å². The van der Waals surface area contributed by atoms with Crippen molar-refractivity contribution in [3.05, 3.63) is 89.0 Å². The predicted octanol–water partition coefficient (Wildman–Crippen LogP) is 4.02. The van der Waals surface area contributed by atoms with Crippen LogP contribution in [0.2, 0.25) is 0 Å². The van der Waals surface area contributed by atoms with Crippen LogP contribution in [0.15, 0.2) is 71.8 Å². The molecule has 4 rings (SSSR count). The molecule has 2 aromatic rings. The number of phenols is 1. The number of β-amino-alcohol motifs (C(OH)–C–C–N with tert-alkyl or cyclic N) is 1. The van der Waals surface area contributed by atoms with E-state index in [1.807, 2.05) is 30.4 Å². The van der Waals surface area contributed by atoms with Gasteiger partial charge in [-0.05, 0) is 58.2 Å². The van der Waals surface area contributed by atoms with Crippen LogP contribution in [0.3, 0.4) is 0 Å². The predicted molar refractivity (Wildman–Crippen MR) is 179 cm³/mol. The summed E-state index contributed by atoms with van der Waals surface area (Å²) in [6, 6.07) is 9.27. The van der Waals surface area contributed by atoms with E-state index in [9.17, 15) is 29.7 Å². The van der Waals surface area contributed by atoms with Gasteiger partial charge >= 0.3 is 5.97 Å². The number of aliphatic carboxylic acids is 1. The molecule has 3 atom stereocenters. The second kappa shape index (κ2) is 14.9. The Morgan fingerprint density at radius 3 is 2.57 bits per heavy atom. The first kappa shape index (κ1) is 34.0. The number of allylic oxidation sites excluding steroid dienone is 6. The second-order valence-corrected chi connectivity index (χ2v) is 12.7. The number of rotatable bonds is 9. The van der Waals surface area contributed by atoms with Crippen molar-refractivity contribution in [2.45, 2.75) is 58.1 Å². The lowest BCUT2D eigenvalue weighted by Gasteiger charge is -2.25. The van der Waals surface area contributed by atoms with Gasteiger partial charge in [0.15, 0.2) is 5.96 Å². The number of hydrogen-bond acceptors (Lipinski definition) is 8. The maximum Gasteiger partial charge on any atom is 0.305 e. The Kier molecular flexibility index (Phi) is 11.0. The number of aliphatic hydroxyl groups is 1. The van der Waals surface area contributed by atoms with Crippen molar-refractivity contribution in [3.8, 4) is 5.75 Å². The van der Waals surface area contributed by atoms with Crippen LogP contribution >= 0.6 is 0 Å². The summed E-state index contributed by atoms with van der Waals surface area (Å²) in [6.07, 6.45) is 10.3. The average molecular weight is 630 g/mol. The highest BCUT2D eigenvalue weighted by Crippen LogP contribution is 2.32. The molecule has 46 heavy (non-hydrogen) atoms. The lowest BCUT2D eigenvalue weighted by molar-refractivity contribution is -0.137. The largest absolute Gasteiger partial charge is 0.508 e. The SMILES string of the molecule is CC1C=C(c2cc(C(CC(=O)O)NC(=O)CNC(=O)c3cc(O)cc(NC4=NCC(O)CN4)c3)cc(C(C)(C)C)c2)C=CC=CC1. The molecular weight excluding hydrogens is 586 g/mol. The summed E-state index contributed by atoms with van der Waals surface area (Å²) in [6.45, 7) is 8.49. The third-order valence-electron chi connectivity index (χ3n) is 7.58. The highest BCUT2D eigenvalue weighted by molar-refractivity contribution is 6.00. The lowest BCUT2D eigenvalue weighted by Crippen LogP contribution is -2.42. The van der Waals surface area contributed by atoms with E-state index in [2.05, 4.69) is 72.2 Å². The van der Waals surface area contributed by atoms with Crippen LogP contribution in [0.5, 0.6) is 5.75 Å². The van der Waals surface area contributed by atoms with E-state index >= 15 is 0 Å². The number of phenolic OH excluding ortho intramolecular Hbond substituents is 1. The van der Waals surface area contributed by atoms with Crippen molar-refractivity contribution in [1.82, 2.24) is 16.0 Å². The topological polar surface area (TPSA) is 172 Å². The minimum absolute atomic E-state index is 0.0981. The number of nitrogens with one attached hydrogen (secondary N) is 4. The van der Waals surface area contributed by atoms with Gasteiger partial charge in [-0.3, -0.25) is 19.4 Å². The molecule has 2 aromatic carbocycles. The molecule has 2 aliphatic rings. The molecule has 2 amide bonds. The highest BCUT2D eigenvalue weighted by atomic mass is 16.4. The summed E-state index contributed by atoms with van der Waals surface area (Å²) in [5, 5.41) is 40.8. The van der Waals surface area contributed by atoms with Gasteiger partial charge in [-0.2, -0.15) is 0 Å². The van der Waals surface area contributed by atoms with Crippen LogP contribution in [0.4, 0.5) is 5.69 Å². The number of hydrogen-bond donors (Lipinski definition) is 7. The summed E-state index contributed by atoms with van der Waals surface area (Å²) in [7, 11) is 0. The van der Waals surface area contributed by atoms with E-state index < -0.39 is 36.5 Å². The number of aliphatic hydroxyl groups excluding tert-OH is 1. The first-order chi connectivity index (χ1) is 21.8. The van der Waals surface area contributed by atoms with Crippen molar-refractivity contribution < 1.29 is 29.7 Å². The Labute approximate surface area is 269 Å². The molecule has 1 aliphatic carbocycles. The Morgan fingerprint density at radius 1 is 1.09 bits per heavy atom. The van der Waals surface area contributed by atoms with E-state index in [1.165, 1.54) is 18.2 Å². The summed E-state index contributed by atoms with van der Waals surface area (Å²) in [5.74, 6) is -1.73. The zero-order chi connectivity index (χ0) is 33.4. The van der Waals surface area contributed by atoms with Crippen molar-refractivity contribution in [1.29, 1.82) is 0 Å². The van der Waals surface area contributed by atoms with E-state index in [1.54, 1.807) is 0 Å². The number of carboxylic acid groups (broad SMARTS) is 1. The molecule has 11 nitrogen and oxygen atoms in total. The van der Waals surface area contributed by atoms with Gasteiger partial charge in [-0.1, -0.05) is 70.2 Å². The number of carboxylic acids is 1. The molecular formula is C35H43N5O6. The van der Waals surface area contributed by atoms with Gasteiger partial charge in [0.05, 0.1) is 31.7 Å². The summed E-state index contributed by atoms with van der Waals surface area (Å²) in [4.78, 5) is 42.2. The number of carbonyl (C=O) groups excluding carboxylic acids is 2. The Bertz CT molecular complexity index is 1590. The van der Waals surface area contributed by atoms with E-state index in [4.69, 9.17) is 0 Å². The van der Waals surface area contributed by atoms with E-state index in [0.29, 0.717) is 29.7 Å². The number of anilines is 1. The highest BCUT2D eigenvalue weighted by Gasteiger charge is 2.24. The van der Waals surface area contributed by atoms with Gasteiger partial charge in [0.1, 0.15) is 5.75 Å². The molecule has 0 aromatic heterocycles. The van der Waals surface area contributed by atoms with Crippen molar-refractivity contribution in [2.75, 3.05) is 25.0 Å². The molecule has 1 aliphatic heterocycles. The smallest absolute Gasteiger partial charge is 0.305 e. The van der Waals surface area contributed by atoms with Crippen LogP contribution in [0, 0.1) is 5.92 Å². The van der Waals surface area contributed by atoms with Crippen molar-refractivity contribution >= 4 is 35.0 Å². The third-order valence-corrected chi connectivity index (χ3v) is 7.58. The maximum absolute atomic E-state index is 13.1. The fourth-order valence-electron chi connectivity index (χ4n) is 5.11. The number of amides is 2. The van der Waals surface area contributed by atoms with Crippen molar-refractivity contribution in [2.24, 2.45) is 10.9 Å². The first-order valence-electron chi connectivity index (χ1n) is 15.3. The van der Waals surface area contributed by atoms with E-state index in [0.717, 1.165) is 23.1 Å². The molecule has 0 fully saturated rings. The zero-order valence-corrected chi connectivity index (χ0v) is 26.6. The monoisotopic (exact) mass is 629 g/mol. The summed E-state index contributed by atoms with van der Waals surface area (Å²) >= 11 is 0. The molecule has 7 N–H and O–H groups in total. The molecule has 11 heteroatoms. The number of benzene rings is 2. The molecule has 0 saturated carbocycles. The molecule has 0 spiro atoms. The number of nitrogens with zero attached hydrogens (tertiary/aromatic N) is 1. The quantitative estimate of drug-likeness (QED) is 0.218. The summed E-state index contributed by atoms with van der Waals surface area (Å²) in [5.41, 5.74) is 3.83. The standard InChI is InChI=1S/C35H43N5O6/c1-21-8-6-5-7-9-22(10-21)23-11-24(13-26(12-23)35(2,3)4)30(17-32(44)45)40-31(43)20-36-33(46)25-14-27(16-28(41)15-25)39-34-37-18-29(42)19-38-34/h5-7,9-16,21,29-30,41-42H,8,17-20H2,1-4H3,(H,36,46)(H,40,43)(H,44,45)(H2,37,38,39). The fourth-order valence-corrected chi connectivity index (χ4v) is 5.11. The molecule has 3 unspecified atom stereocenters. The second-order valence-electron chi connectivity index (χ2n) is 12.7. The van der Waals surface area contributed by atoms with Gasteiger partial charge in [0, 0.05) is 23.9 Å². The van der Waals surface area contributed by atoms with Gasteiger partial charge in [-0.15, -0.1) is 0 Å². The van der Waals surface area contributed by atoms with Crippen LogP contribution in [-0.4, -0.2) is 64.8 Å². The van der Waals surface area contributed by atoms with Gasteiger partial charge in [-0.25, -0.2) is 0 Å². The molecule has 0 radical (unpaired) electrons. The maximum atomic E-state index is 13.1. The molecule has 0 saturated heterocycles. The molecule has 1 heterocycles. The van der Waals surface area contributed by atoms with Crippen molar-refractivity contribution in [3.63, 3.8) is 0 Å². The Balaban J connectivity index is 1.51. The minimum Gasteiger partial charge on any atom is -0.508 e. The Morgan fingerprint density at radius 2 is 1.87 bits per heavy atom. The number of aromatic hydroxyl groups is 1. The zero-order valence-electron chi connectivity index (χ0n) is 26.6. The number of guanidine groups is 1. The molecule has 244 valence electrons. The van der Waals surface area contributed by atoms with Crippen LogP contribution < -0.4 is 21.3 Å². The first-order valence-corrected chi connectivity index (χ1v) is 15.3. The lowest BCUT2D eigenvalue weighted by atomic mass is 9.82. The van der Waals surface area contributed by atoms with Crippen LogP contribution in [0.25, 0.3) is 5.57 Å². The minimum atomic E-state index is -1.08. The van der Waals surface area contributed by atoms with Gasteiger partial charge in [0.25, 0.3) is 5.91 Å². The Hall–Kier alpha value is -4.90. The number of aliphatic imine (C=N–C) groups is 1. The third kappa shape index (κ3) is 9.80. The van der Waals surface area contributed by atoms with Crippen LogP contribution in [-0.2, 0) is 15.0 Å². The molecule has 0 bridgehead atoms. The number of carbonyl (C=O) groups is 3. The van der Waals surface area contributed by atoms with Gasteiger partial charge in [0.2, 0.25) is 5.91 Å². The summed E-state index contributed by atoms with van der Waals surface area (Å²) < 4.78 is 0. The fraction of sp³-hybridized carbons (Fsp3) is 0.371. The normalized spacial score (nSPS) is 18.6. The van der Waals surface area contributed by atoms with Gasteiger partial charge < -0.3 is 36.6 Å².